The van der Waals surface area contributed by atoms with Gasteiger partial charge in [-0.05, 0) is 48.0 Å². The standard InChI is InChI=1S/C16H28N2O7/c1-15(2,3)24-12(21)8-7-10(13(22)17-9-11(19)20)18-14(23)25-16(4,5)6/h10H,7-9H2,1-6H3,(H,17,22)(H,18,23)(H,19,20)/t10-/m0/s1. The molecule has 0 bridgehead atoms. The fraction of sp³-hybridized carbons (Fsp3) is 0.750. The normalized spacial score (nSPS) is 12.7. The molecule has 9 nitrogen and oxygen atoms in total. The Kier molecular flexibility index (Phi) is 8.38. The highest BCUT2D eigenvalue weighted by Crippen LogP contribution is 2.11. The number of hydrogen-bond donors (Lipinski definition) is 3. The maximum Gasteiger partial charge on any atom is 0.408 e. The number of carbonyl (C=O) groups is 4. The molecule has 0 aliphatic carbocycles. The summed E-state index contributed by atoms with van der Waals surface area (Å²) in [6.45, 7) is 9.51. The molecule has 0 rings (SSSR count). The molecule has 1 atom stereocenters. The van der Waals surface area contributed by atoms with Crippen LogP contribution in [0.3, 0.4) is 0 Å². The number of ether oxygens (including phenoxy) is 2. The van der Waals surface area contributed by atoms with Crippen molar-refractivity contribution in [2.45, 2.75) is 71.6 Å². The van der Waals surface area contributed by atoms with Crippen LogP contribution >= 0.6 is 0 Å². The van der Waals surface area contributed by atoms with Crippen molar-refractivity contribution >= 4 is 23.9 Å². The van der Waals surface area contributed by atoms with E-state index in [9.17, 15) is 19.2 Å². The fourth-order valence-corrected chi connectivity index (χ4v) is 1.66. The van der Waals surface area contributed by atoms with Crippen LogP contribution < -0.4 is 10.6 Å². The minimum Gasteiger partial charge on any atom is -0.480 e. The molecule has 0 heterocycles. The molecular formula is C16H28N2O7. The summed E-state index contributed by atoms with van der Waals surface area (Å²) in [5, 5.41) is 13.1. The first-order valence-corrected chi connectivity index (χ1v) is 7.90. The Labute approximate surface area is 147 Å². The zero-order chi connectivity index (χ0) is 19.8. The van der Waals surface area contributed by atoms with Crippen molar-refractivity contribution in [3.8, 4) is 0 Å². The second kappa shape index (κ2) is 9.24. The molecule has 9 heteroatoms. The first-order chi connectivity index (χ1) is 11.2. The summed E-state index contributed by atoms with van der Waals surface area (Å²) in [5.41, 5.74) is -1.44. The summed E-state index contributed by atoms with van der Waals surface area (Å²) in [6, 6.07) is -1.12. The number of carboxylic acids is 1. The van der Waals surface area contributed by atoms with Crippen molar-refractivity contribution in [1.29, 1.82) is 0 Å². The number of aliphatic carboxylic acids is 1. The Morgan fingerprint density at radius 1 is 0.960 bits per heavy atom. The predicted molar refractivity (Wildman–Crippen MR) is 88.9 cm³/mol. The molecule has 0 saturated carbocycles. The van der Waals surface area contributed by atoms with Crippen molar-refractivity contribution in [3.05, 3.63) is 0 Å². The summed E-state index contributed by atoms with van der Waals surface area (Å²) >= 11 is 0. The SMILES string of the molecule is CC(C)(C)OC(=O)CC[C@H](NC(=O)OC(C)(C)C)C(=O)NCC(=O)O. The van der Waals surface area contributed by atoms with E-state index in [4.69, 9.17) is 14.6 Å². The highest BCUT2D eigenvalue weighted by Gasteiger charge is 2.26. The lowest BCUT2D eigenvalue weighted by Gasteiger charge is -2.24. The number of alkyl carbamates (subject to hydrolysis) is 1. The summed E-state index contributed by atoms with van der Waals surface area (Å²) in [5.74, 6) is -2.48. The highest BCUT2D eigenvalue weighted by molar-refractivity contribution is 5.88. The van der Waals surface area contributed by atoms with Gasteiger partial charge in [-0.25, -0.2) is 4.79 Å². The van der Waals surface area contributed by atoms with E-state index in [2.05, 4.69) is 10.6 Å². The molecule has 0 aromatic heterocycles. The Hall–Kier alpha value is -2.32. The molecule has 0 radical (unpaired) electrons. The largest absolute Gasteiger partial charge is 0.480 e. The predicted octanol–water partition coefficient (Wildman–Crippen LogP) is 1.20. The van der Waals surface area contributed by atoms with Crippen molar-refractivity contribution in [3.63, 3.8) is 0 Å². The van der Waals surface area contributed by atoms with Gasteiger partial charge in [0.05, 0.1) is 0 Å². The maximum atomic E-state index is 12.0. The number of hydrogen-bond acceptors (Lipinski definition) is 6. The van der Waals surface area contributed by atoms with Gasteiger partial charge in [0.2, 0.25) is 5.91 Å². The molecular weight excluding hydrogens is 332 g/mol. The monoisotopic (exact) mass is 360 g/mol. The van der Waals surface area contributed by atoms with Gasteiger partial charge in [-0.1, -0.05) is 0 Å². The third kappa shape index (κ3) is 12.7. The average Bonchev–Trinajstić information content (AvgIpc) is 2.36. The van der Waals surface area contributed by atoms with Gasteiger partial charge in [0.1, 0.15) is 23.8 Å². The Bertz CT molecular complexity index is 504. The van der Waals surface area contributed by atoms with Crippen LogP contribution in [-0.2, 0) is 23.9 Å². The number of carboxylic acid groups (broad SMARTS) is 1. The summed E-state index contributed by atoms with van der Waals surface area (Å²) in [6.07, 6.45) is -1.02. The third-order valence-electron chi connectivity index (χ3n) is 2.48. The van der Waals surface area contributed by atoms with Crippen molar-refractivity contribution in [1.82, 2.24) is 10.6 Å². The first kappa shape index (κ1) is 22.7. The van der Waals surface area contributed by atoms with E-state index in [1.54, 1.807) is 41.5 Å². The van der Waals surface area contributed by atoms with Crippen LogP contribution in [0.15, 0.2) is 0 Å². The molecule has 0 fully saturated rings. The van der Waals surface area contributed by atoms with E-state index in [0.29, 0.717) is 0 Å². The molecule has 0 aliphatic rings. The number of nitrogens with one attached hydrogen (secondary N) is 2. The second-order valence-corrected chi connectivity index (χ2v) is 7.44. The zero-order valence-electron chi connectivity index (χ0n) is 15.6. The van der Waals surface area contributed by atoms with Gasteiger partial charge in [-0.2, -0.15) is 0 Å². The van der Waals surface area contributed by atoms with Crippen molar-refractivity contribution in [2.75, 3.05) is 6.54 Å². The van der Waals surface area contributed by atoms with Crippen molar-refractivity contribution < 1.29 is 33.8 Å². The quantitative estimate of drug-likeness (QED) is 0.581. The van der Waals surface area contributed by atoms with Crippen LogP contribution in [0, 0.1) is 0 Å². The highest BCUT2D eigenvalue weighted by atomic mass is 16.6. The van der Waals surface area contributed by atoms with Crippen LogP contribution in [0.25, 0.3) is 0 Å². The molecule has 0 spiro atoms. The number of carbonyl (C=O) groups excluding carboxylic acids is 3. The minimum absolute atomic E-state index is 0.0559. The van der Waals surface area contributed by atoms with Crippen LogP contribution in [0.4, 0.5) is 4.79 Å². The lowest BCUT2D eigenvalue weighted by molar-refractivity contribution is -0.155. The van der Waals surface area contributed by atoms with E-state index in [-0.39, 0.29) is 12.8 Å². The Morgan fingerprint density at radius 3 is 1.92 bits per heavy atom. The molecule has 0 aliphatic heterocycles. The average molecular weight is 360 g/mol. The van der Waals surface area contributed by atoms with Crippen LogP contribution in [0.2, 0.25) is 0 Å². The molecule has 0 unspecified atom stereocenters. The lowest BCUT2D eigenvalue weighted by Crippen LogP contribution is -2.49. The molecule has 144 valence electrons. The summed E-state index contributed by atoms with van der Waals surface area (Å²) in [7, 11) is 0. The van der Waals surface area contributed by atoms with Gasteiger partial charge in [-0.3, -0.25) is 14.4 Å². The van der Waals surface area contributed by atoms with Crippen molar-refractivity contribution in [2.24, 2.45) is 0 Å². The smallest absolute Gasteiger partial charge is 0.408 e. The van der Waals surface area contributed by atoms with E-state index in [0.717, 1.165) is 0 Å². The second-order valence-electron chi connectivity index (χ2n) is 7.44. The summed E-state index contributed by atoms with van der Waals surface area (Å²) in [4.78, 5) is 46.2. The third-order valence-corrected chi connectivity index (χ3v) is 2.48. The molecule has 25 heavy (non-hydrogen) atoms. The van der Waals surface area contributed by atoms with E-state index < -0.39 is 47.7 Å². The molecule has 0 saturated heterocycles. The Morgan fingerprint density at radius 2 is 1.48 bits per heavy atom. The molecule has 2 amide bonds. The van der Waals surface area contributed by atoms with Gasteiger partial charge >= 0.3 is 18.0 Å². The van der Waals surface area contributed by atoms with Crippen LogP contribution in [-0.4, -0.2) is 52.8 Å². The Balaban J connectivity index is 4.83. The van der Waals surface area contributed by atoms with Gasteiger partial charge < -0.3 is 25.2 Å². The summed E-state index contributed by atoms with van der Waals surface area (Å²) < 4.78 is 10.2. The van der Waals surface area contributed by atoms with E-state index in [1.165, 1.54) is 0 Å². The van der Waals surface area contributed by atoms with Gasteiger partial charge in [-0.15, -0.1) is 0 Å². The minimum atomic E-state index is -1.23. The maximum absolute atomic E-state index is 12.0. The zero-order valence-corrected chi connectivity index (χ0v) is 15.6. The molecule has 0 aromatic rings. The number of rotatable bonds is 7. The van der Waals surface area contributed by atoms with Gasteiger partial charge in [0, 0.05) is 6.42 Å². The number of amides is 2. The van der Waals surface area contributed by atoms with E-state index in [1.807, 2.05) is 0 Å². The first-order valence-electron chi connectivity index (χ1n) is 7.90. The van der Waals surface area contributed by atoms with Gasteiger partial charge in [0.15, 0.2) is 0 Å². The molecule has 3 N–H and O–H groups in total. The van der Waals surface area contributed by atoms with Crippen LogP contribution in [0.1, 0.15) is 54.4 Å². The lowest BCUT2D eigenvalue weighted by atomic mass is 10.1. The molecule has 0 aromatic carbocycles. The van der Waals surface area contributed by atoms with Gasteiger partial charge in [0.25, 0.3) is 0 Å². The topological polar surface area (TPSA) is 131 Å². The van der Waals surface area contributed by atoms with E-state index >= 15 is 0 Å². The van der Waals surface area contributed by atoms with Crippen LogP contribution in [0.5, 0.6) is 0 Å². The fourth-order valence-electron chi connectivity index (χ4n) is 1.66. The number of esters is 1.